The van der Waals surface area contributed by atoms with E-state index < -0.39 is 0 Å². The number of nitrogens with zero attached hydrogens (tertiary/aromatic N) is 3. The fraction of sp³-hybridized carbons (Fsp3) is 0.143. The Labute approximate surface area is 180 Å². The quantitative estimate of drug-likeness (QED) is 0.485. The summed E-state index contributed by atoms with van der Waals surface area (Å²) in [7, 11) is 0. The van der Waals surface area contributed by atoms with Crippen LogP contribution >= 0.6 is 22.9 Å². The minimum absolute atomic E-state index is 0.149. The maximum Gasteiger partial charge on any atom is 0.275 e. The third-order valence-corrected chi connectivity index (χ3v) is 5.64. The van der Waals surface area contributed by atoms with E-state index in [0.29, 0.717) is 32.7 Å². The first-order valence-corrected chi connectivity index (χ1v) is 10.4. The summed E-state index contributed by atoms with van der Waals surface area (Å²) in [5.41, 5.74) is 1.32. The average molecular weight is 441 g/mol. The van der Waals surface area contributed by atoms with Crippen molar-refractivity contribution in [3.63, 3.8) is 0 Å². The average Bonchev–Trinajstić information content (AvgIpc) is 3.17. The lowest BCUT2D eigenvalue weighted by Crippen LogP contribution is -2.16. The van der Waals surface area contributed by atoms with Crippen LogP contribution in [0.25, 0.3) is 4.96 Å². The summed E-state index contributed by atoms with van der Waals surface area (Å²) in [6.07, 6.45) is 0.749. The second-order valence-electron chi connectivity index (χ2n) is 6.38. The van der Waals surface area contributed by atoms with E-state index in [-0.39, 0.29) is 18.1 Å². The molecule has 1 amide bonds. The Morgan fingerprint density at radius 3 is 2.70 bits per heavy atom. The Morgan fingerprint density at radius 2 is 1.97 bits per heavy atom. The van der Waals surface area contributed by atoms with Crippen molar-refractivity contribution < 1.29 is 9.53 Å². The fourth-order valence-electron chi connectivity index (χ4n) is 2.75. The Morgan fingerprint density at radius 1 is 1.20 bits per heavy atom. The molecule has 0 aliphatic heterocycles. The Kier molecular flexibility index (Phi) is 5.78. The van der Waals surface area contributed by atoms with Gasteiger partial charge in [-0.05, 0) is 42.8 Å². The number of ether oxygens (including phenoxy) is 1. The van der Waals surface area contributed by atoms with Gasteiger partial charge < -0.3 is 10.1 Å². The third kappa shape index (κ3) is 4.34. The summed E-state index contributed by atoms with van der Waals surface area (Å²) in [6.45, 7) is 2.13. The first-order valence-electron chi connectivity index (χ1n) is 9.21. The lowest BCUT2D eigenvalue weighted by atomic mass is 10.2. The summed E-state index contributed by atoms with van der Waals surface area (Å²) in [4.78, 5) is 29.5. The molecule has 0 aliphatic rings. The zero-order valence-electron chi connectivity index (χ0n) is 16.0. The maximum absolute atomic E-state index is 12.3. The Balaban J connectivity index is 1.41. The lowest BCUT2D eigenvalue weighted by molar-refractivity contribution is 0.102. The van der Waals surface area contributed by atoms with E-state index in [0.717, 1.165) is 11.4 Å². The number of hydrogen-bond donors (Lipinski definition) is 1. The predicted octanol–water partition coefficient (Wildman–Crippen LogP) is 4.20. The molecule has 2 heterocycles. The monoisotopic (exact) mass is 440 g/mol. The topological polar surface area (TPSA) is 85.6 Å². The van der Waals surface area contributed by atoms with Gasteiger partial charge in [-0.15, -0.1) is 0 Å². The molecule has 0 radical (unpaired) electrons. The van der Waals surface area contributed by atoms with Crippen LogP contribution < -0.4 is 15.6 Å². The summed E-state index contributed by atoms with van der Waals surface area (Å²) in [5.74, 6) is 0.301. The summed E-state index contributed by atoms with van der Waals surface area (Å²) >= 11 is 7.44. The second kappa shape index (κ2) is 8.64. The minimum atomic E-state index is -0.289. The molecule has 0 saturated carbocycles. The van der Waals surface area contributed by atoms with E-state index in [9.17, 15) is 9.59 Å². The highest BCUT2D eigenvalue weighted by Crippen LogP contribution is 2.20. The molecule has 9 heteroatoms. The summed E-state index contributed by atoms with van der Waals surface area (Å²) in [5, 5.41) is 8.27. The number of halogens is 1. The molecule has 0 saturated heterocycles. The van der Waals surface area contributed by atoms with Crippen LogP contribution in [0.15, 0.2) is 59.4 Å². The van der Waals surface area contributed by atoms with Crippen molar-refractivity contribution in [1.29, 1.82) is 0 Å². The van der Waals surface area contributed by atoms with E-state index in [4.69, 9.17) is 16.3 Å². The second-order valence-corrected chi connectivity index (χ2v) is 7.82. The van der Waals surface area contributed by atoms with Crippen LogP contribution in [0.5, 0.6) is 5.75 Å². The van der Waals surface area contributed by atoms with Crippen molar-refractivity contribution in [2.75, 3.05) is 5.32 Å². The van der Waals surface area contributed by atoms with Gasteiger partial charge in [0.2, 0.25) is 4.96 Å². The highest BCUT2D eigenvalue weighted by atomic mass is 35.5. The standard InChI is InChI=1S/C21H17ClN4O3S/c1-2-18-25-26-19(27)11-14(24-21(26)30-18)12-29-15-9-7-13(8-10-15)23-20(28)16-5-3-4-6-17(16)22/h3-11H,2,12H2,1H3,(H,23,28). The van der Waals surface area contributed by atoms with Crippen molar-refractivity contribution >= 4 is 39.5 Å². The van der Waals surface area contributed by atoms with Crippen LogP contribution in [0.4, 0.5) is 5.69 Å². The lowest BCUT2D eigenvalue weighted by Gasteiger charge is -2.09. The highest BCUT2D eigenvalue weighted by molar-refractivity contribution is 7.16. The van der Waals surface area contributed by atoms with Crippen molar-refractivity contribution in [1.82, 2.24) is 14.6 Å². The van der Waals surface area contributed by atoms with Gasteiger partial charge in [0.05, 0.1) is 16.3 Å². The molecule has 2 aromatic heterocycles. The number of hydrogen-bond acceptors (Lipinski definition) is 6. The van der Waals surface area contributed by atoms with Gasteiger partial charge in [0.25, 0.3) is 11.5 Å². The van der Waals surface area contributed by atoms with E-state index in [1.165, 1.54) is 21.9 Å². The smallest absolute Gasteiger partial charge is 0.275 e. The molecular formula is C21H17ClN4O3S. The summed E-state index contributed by atoms with van der Waals surface area (Å²) in [6, 6.07) is 15.2. The number of anilines is 1. The molecule has 0 spiro atoms. The number of aryl methyl sites for hydroxylation is 1. The van der Waals surface area contributed by atoms with Gasteiger partial charge in [0, 0.05) is 11.8 Å². The molecule has 0 aliphatic carbocycles. The first kappa shape index (κ1) is 20.1. The molecule has 4 rings (SSSR count). The van der Waals surface area contributed by atoms with Crippen LogP contribution in [0.2, 0.25) is 5.02 Å². The number of amides is 1. The largest absolute Gasteiger partial charge is 0.487 e. The molecule has 4 aromatic rings. The van der Waals surface area contributed by atoms with E-state index in [1.807, 2.05) is 6.92 Å². The third-order valence-electron chi connectivity index (χ3n) is 4.26. The zero-order chi connectivity index (χ0) is 21.1. The van der Waals surface area contributed by atoms with Crippen LogP contribution in [0.1, 0.15) is 28.0 Å². The molecule has 0 fully saturated rings. The number of carbonyl (C=O) groups excluding carboxylic acids is 1. The Bertz CT molecular complexity index is 1270. The van der Waals surface area contributed by atoms with Gasteiger partial charge in [0.1, 0.15) is 17.4 Å². The number of benzene rings is 2. The van der Waals surface area contributed by atoms with Crippen molar-refractivity contribution in [2.24, 2.45) is 0 Å². The fourth-order valence-corrected chi connectivity index (χ4v) is 3.83. The Hall–Kier alpha value is -3.23. The number of aromatic nitrogens is 3. The van der Waals surface area contributed by atoms with Gasteiger partial charge >= 0.3 is 0 Å². The number of nitrogens with one attached hydrogen (secondary N) is 1. The molecular weight excluding hydrogens is 424 g/mol. The van der Waals surface area contributed by atoms with Crippen molar-refractivity contribution in [3.05, 3.63) is 86.2 Å². The maximum atomic E-state index is 12.3. The molecule has 152 valence electrons. The zero-order valence-corrected chi connectivity index (χ0v) is 17.5. The number of carbonyl (C=O) groups is 1. The predicted molar refractivity (Wildman–Crippen MR) is 117 cm³/mol. The highest BCUT2D eigenvalue weighted by Gasteiger charge is 2.11. The van der Waals surface area contributed by atoms with Crippen LogP contribution in [0.3, 0.4) is 0 Å². The van der Waals surface area contributed by atoms with Gasteiger partial charge in [-0.3, -0.25) is 9.59 Å². The minimum Gasteiger partial charge on any atom is -0.487 e. The van der Waals surface area contributed by atoms with Gasteiger partial charge in [0.15, 0.2) is 0 Å². The van der Waals surface area contributed by atoms with Crippen molar-refractivity contribution in [3.8, 4) is 5.75 Å². The van der Waals surface area contributed by atoms with Crippen molar-refractivity contribution in [2.45, 2.75) is 20.0 Å². The molecule has 2 aromatic carbocycles. The van der Waals surface area contributed by atoms with Crippen LogP contribution in [-0.4, -0.2) is 20.5 Å². The molecule has 0 bridgehead atoms. The molecule has 1 N–H and O–H groups in total. The molecule has 30 heavy (non-hydrogen) atoms. The van der Waals surface area contributed by atoms with Crippen LogP contribution in [0, 0.1) is 0 Å². The van der Waals surface area contributed by atoms with E-state index in [1.54, 1.807) is 48.5 Å². The normalized spacial score (nSPS) is 10.9. The van der Waals surface area contributed by atoms with E-state index >= 15 is 0 Å². The SMILES string of the molecule is CCc1nn2c(=O)cc(COc3ccc(NC(=O)c4ccccc4Cl)cc3)nc2s1. The summed E-state index contributed by atoms with van der Waals surface area (Å²) < 4.78 is 7.04. The van der Waals surface area contributed by atoms with Gasteiger partial charge in [-0.2, -0.15) is 9.61 Å². The molecule has 0 unspecified atom stereocenters. The molecule has 7 nitrogen and oxygen atoms in total. The first-order chi connectivity index (χ1) is 14.5. The number of rotatable bonds is 6. The van der Waals surface area contributed by atoms with Gasteiger partial charge in [-0.1, -0.05) is 42.0 Å². The van der Waals surface area contributed by atoms with Crippen LogP contribution in [-0.2, 0) is 13.0 Å². The van der Waals surface area contributed by atoms with E-state index in [2.05, 4.69) is 15.4 Å². The molecule has 0 atom stereocenters. The van der Waals surface area contributed by atoms with Gasteiger partial charge in [-0.25, -0.2) is 4.98 Å². The number of fused-ring (bicyclic) bond motifs is 1.